The maximum absolute atomic E-state index is 13.7. The van der Waals surface area contributed by atoms with Gasteiger partial charge < -0.3 is 19.5 Å². The molecular weight excluding hydrogens is 458 g/mol. The number of pyridine rings is 1. The predicted molar refractivity (Wildman–Crippen MR) is 134 cm³/mol. The summed E-state index contributed by atoms with van der Waals surface area (Å²) in [7, 11) is 3.25. The van der Waals surface area contributed by atoms with Gasteiger partial charge in [-0.2, -0.15) is 0 Å². The number of rotatable bonds is 5. The smallest absolute Gasteiger partial charge is 0.275 e. The number of hydrogen-bond donors (Lipinski definition) is 1. The second kappa shape index (κ2) is 9.50. The second-order valence-corrected chi connectivity index (χ2v) is 9.31. The first-order valence-corrected chi connectivity index (χ1v) is 11.8. The highest BCUT2D eigenvalue weighted by atomic mass is 16.3. The number of nitrogens with zero attached hydrogens (tertiary/aromatic N) is 5. The average Bonchev–Trinajstić information content (AvgIpc) is 3.43. The van der Waals surface area contributed by atoms with Crippen molar-refractivity contribution in [3.63, 3.8) is 0 Å². The number of likely N-dealkylation sites (tertiary alicyclic amines) is 1. The zero-order chi connectivity index (χ0) is 25.4. The lowest BCUT2D eigenvalue weighted by Crippen LogP contribution is -2.50. The summed E-state index contributed by atoms with van der Waals surface area (Å²) in [6.07, 6.45) is 7.92. The Kier molecular flexibility index (Phi) is 6.24. The van der Waals surface area contributed by atoms with Crippen molar-refractivity contribution in [1.82, 2.24) is 24.3 Å². The third kappa shape index (κ3) is 3.91. The minimum atomic E-state index is -0.879. The molecule has 0 spiro atoms. The van der Waals surface area contributed by atoms with Crippen LogP contribution in [0.25, 0.3) is 12.2 Å². The molecule has 9 heteroatoms. The van der Waals surface area contributed by atoms with E-state index in [0.29, 0.717) is 17.8 Å². The van der Waals surface area contributed by atoms with E-state index in [9.17, 15) is 19.5 Å². The highest BCUT2D eigenvalue weighted by molar-refractivity contribution is 5.97. The molecule has 2 aliphatic rings. The van der Waals surface area contributed by atoms with Gasteiger partial charge in [-0.1, -0.05) is 36.4 Å². The molecule has 36 heavy (non-hydrogen) atoms. The Balaban J connectivity index is 1.58. The minimum absolute atomic E-state index is 0.106. The third-order valence-electron chi connectivity index (χ3n) is 7.07. The van der Waals surface area contributed by atoms with Crippen LogP contribution in [-0.4, -0.2) is 68.0 Å². The molecule has 0 aliphatic carbocycles. The van der Waals surface area contributed by atoms with Gasteiger partial charge in [0.05, 0.1) is 12.2 Å². The molecule has 0 unspecified atom stereocenters. The van der Waals surface area contributed by atoms with Gasteiger partial charge in [0.1, 0.15) is 11.7 Å². The molecule has 0 bridgehead atoms. The van der Waals surface area contributed by atoms with Crippen molar-refractivity contribution in [3.8, 4) is 0 Å². The highest BCUT2D eigenvalue weighted by Crippen LogP contribution is 2.49. The van der Waals surface area contributed by atoms with Crippen molar-refractivity contribution >= 4 is 24.0 Å². The Morgan fingerprint density at radius 2 is 1.89 bits per heavy atom. The van der Waals surface area contributed by atoms with Gasteiger partial charge in [-0.25, -0.2) is 4.98 Å². The van der Waals surface area contributed by atoms with Crippen molar-refractivity contribution in [2.45, 2.75) is 18.6 Å². The van der Waals surface area contributed by atoms with Crippen molar-refractivity contribution in [2.24, 2.45) is 11.8 Å². The first kappa shape index (κ1) is 23.6. The van der Waals surface area contributed by atoms with Crippen molar-refractivity contribution in [3.05, 3.63) is 93.9 Å². The fourth-order valence-corrected chi connectivity index (χ4v) is 5.39. The molecule has 2 amide bonds. The Labute approximate surface area is 208 Å². The molecule has 1 fully saturated rings. The minimum Gasteiger partial charge on any atom is -0.396 e. The lowest BCUT2D eigenvalue weighted by molar-refractivity contribution is -0.134. The summed E-state index contributed by atoms with van der Waals surface area (Å²) in [5.41, 5.74) is 2.08. The van der Waals surface area contributed by atoms with Gasteiger partial charge >= 0.3 is 0 Å². The van der Waals surface area contributed by atoms with Gasteiger partial charge in [-0.05, 0) is 23.8 Å². The van der Waals surface area contributed by atoms with Crippen LogP contribution in [0.3, 0.4) is 0 Å². The van der Waals surface area contributed by atoms with Crippen molar-refractivity contribution < 1.29 is 14.7 Å². The quantitative estimate of drug-likeness (QED) is 0.589. The van der Waals surface area contributed by atoms with Gasteiger partial charge in [0.15, 0.2) is 0 Å². The summed E-state index contributed by atoms with van der Waals surface area (Å²) in [5, 5.41) is 10.4. The summed E-state index contributed by atoms with van der Waals surface area (Å²) in [5.74, 6) is -1.57. The number of hydrogen-bond acceptors (Lipinski definition) is 6. The van der Waals surface area contributed by atoms with E-state index in [1.54, 1.807) is 30.8 Å². The predicted octanol–water partition coefficient (Wildman–Crippen LogP) is 1.70. The van der Waals surface area contributed by atoms with Crippen LogP contribution in [0.2, 0.25) is 0 Å². The molecule has 2 aliphatic heterocycles. The Bertz CT molecular complexity index is 1370. The molecule has 0 saturated carbocycles. The van der Waals surface area contributed by atoms with Gasteiger partial charge in [0, 0.05) is 62.7 Å². The van der Waals surface area contributed by atoms with Gasteiger partial charge in [-0.15, -0.1) is 0 Å². The van der Waals surface area contributed by atoms with E-state index in [2.05, 4.69) is 9.97 Å². The zero-order valence-corrected chi connectivity index (χ0v) is 20.1. The van der Waals surface area contributed by atoms with E-state index in [0.717, 1.165) is 5.56 Å². The van der Waals surface area contributed by atoms with E-state index >= 15 is 0 Å². The van der Waals surface area contributed by atoms with Crippen LogP contribution >= 0.6 is 0 Å². The van der Waals surface area contributed by atoms with Gasteiger partial charge in [0.25, 0.3) is 11.5 Å². The van der Waals surface area contributed by atoms with Gasteiger partial charge in [-0.3, -0.25) is 19.4 Å². The fraction of sp³-hybridized carbons (Fsp3) is 0.296. The number of benzene rings is 1. The molecule has 4 heterocycles. The summed E-state index contributed by atoms with van der Waals surface area (Å²) >= 11 is 0. The average molecular weight is 486 g/mol. The molecule has 184 valence electrons. The van der Waals surface area contributed by atoms with E-state index < -0.39 is 23.9 Å². The van der Waals surface area contributed by atoms with Gasteiger partial charge in [0.2, 0.25) is 5.91 Å². The second-order valence-electron chi connectivity index (χ2n) is 9.31. The van der Waals surface area contributed by atoms with Crippen LogP contribution in [0.5, 0.6) is 0 Å². The van der Waals surface area contributed by atoms with Crippen LogP contribution in [0, 0.1) is 11.8 Å². The summed E-state index contributed by atoms with van der Waals surface area (Å²) < 4.78 is 1.66. The Morgan fingerprint density at radius 1 is 1.11 bits per heavy atom. The largest absolute Gasteiger partial charge is 0.396 e. The number of likely N-dealkylation sites (N-methyl/N-ethyl adjacent to an activating group) is 1. The molecule has 3 aromatic rings. The highest BCUT2D eigenvalue weighted by Gasteiger charge is 2.57. The first-order valence-electron chi connectivity index (χ1n) is 11.8. The van der Waals surface area contributed by atoms with Crippen LogP contribution in [0.15, 0.2) is 65.8 Å². The van der Waals surface area contributed by atoms with Crippen LogP contribution < -0.4 is 5.56 Å². The SMILES string of the molecule is CN(C)C(=O)[C@@H]1[C@@H](CO)[C@@H]2Cn3c(ccc(/C=C/c4ccccc4)c3=O)[C@@H]2N1C(=O)c1cnccn1. The molecule has 2 aromatic heterocycles. The van der Waals surface area contributed by atoms with E-state index in [1.807, 2.05) is 42.5 Å². The molecule has 9 nitrogen and oxygen atoms in total. The number of fused-ring (bicyclic) bond motifs is 3. The summed E-state index contributed by atoms with van der Waals surface area (Å²) in [4.78, 5) is 51.4. The third-order valence-corrected chi connectivity index (χ3v) is 7.07. The topological polar surface area (TPSA) is 109 Å². The zero-order valence-electron chi connectivity index (χ0n) is 20.1. The number of aliphatic hydroxyl groups is 1. The van der Waals surface area contributed by atoms with E-state index in [1.165, 1.54) is 28.4 Å². The van der Waals surface area contributed by atoms with Crippen molar-refractivity contribution in [1.29, 1.82) is 0 Å². The Morgan fingerprint density at radius 3 is 2.56 bits per heavy atom. The number of carbonyl (C=O) groups is 2. The molecule has 4 atom stereocenters. The number of aromatic nitrogens is 3. The number of aliphatic hydroxyl groups excluding tert-OH is 1. The molecule has 5 rings (SSSR count). The lowest BCUT2D eigenvalue weighted by Gasteiger charge is -2.32. The molecule has 1 saturated heterocycles. The lowest BCUT2D eigenvalue weighted by atomic mass is 9.88. The van der Waals surface area contributed by atoms with Crippen molar-refractivity contribution in [2.75, 3.05) is 20.7 Å². The summed E-state index contributed by atoms with van der Waals surface area (Å²) in [6, 6.07) is 11.9. The summed E-state index contributed by atoms with van der Waals surface area (Å²) in [6.45, 7) is 0.0116. The Hall–Kier alpha value is -4.11. The molecular formula is C27H27N5O4. The van der Waals surface area contributed by atoms with Crippen LogP contribution in [0.1, 0.15) is 33.4 Å². The molecule has 1 N–H and O–H groups in total. The normalized spacial score (nSPS) is 22.5. The number of amides is 2. The van der Waals surface area contributed by atoms with E-state index in [4.69, 9.17) is 0 Å². The number of carbonyl (C=O) groups excluding carboxylic acids is 2. The van der Waals surface area contributed by atoms with E-state index in [-0.39, 0.29) is 29.7 Å². The monoisotopic (exact) mass is 485 g/mol. The molecule has 0 radical (unpaired) electrons. The van der Waals surface area contributed by atoms with Crippen LogP contribution in [0.4, 0.5) is 0 Å². The first-order chi connectivity index (χ1) is 17.4. The standard InChI is InChI=1S/C27H27N5O4/c1-30(2)27(36)24-20(16-33)19-15-31-22(23(19)32(24)26(35)21-14-28-12-13-29-21)11-10-18(25(31)34)9-8-17-6-4-3-5-7-17/h3-14,19-20,23-24,33H,15-16H2,1-2H3/b9-8+/t19-,20-,23+,24-/m0/s1. The molecule has 1 aromatic carbocycles. The van der Waals surface area contributed by atoms with Crippen LogP contribution in [-0.2, 0) is 11.3 Å². The fourth-order valence-electron chi connectivity index (χ4n) is 5.39. The maximum Gasteiger partial charge on any atom is 0.275 e. The maximum atomic E-state index is 13.7.